The van der Waals surface area contributed by atoms with Crippen LogP contribution in [0.15, 0.2) is 18.3 Å². The van der Waals surface area contributed by atoms with Gasteiger partial charge in [-0.05, 0) is 48.1 Å². The van der Waals surface area contributed by atoms with Gasteiger partial charge in [0.05, 0.1) is 5.56 Å². The van der Waals surface area contributed by atoms with Crippen LogP contribution >= 0.6 is 0 Å². The highest BCUT2D eigenvalue weighted by atomic mass is 19.1. The summed E-state index contributed by atoms with van der Waals surface area (Å²) in [5, 5.41) is 3.18. The van der Waals surface area contributed by atoms with Gasteiger partial charge in [0.25, 0.3) is 5.91 Å². The van der Waals surface area contributed by atoms with E-state index in [1.165, 1.54) is 37.6 Å². The van der Waals surface area contributed by atoms with Gasteiger partial charge in [-0.15, -0.1) is 0 Å². The predicted molar refractivity (Wildman–Crippen MR) is 74.7 cm³/mol. The number of carbonyl (C=O) groups is 1. The van der Waals surface area contributed by atoms with E-state index >= 15 is 0 Å². The van der Waals surface area contributed by atoms with Gasteiger partial charge in [-0.3, -0.25) is 4.79 Å². The number of carbonyl (C=O) groups excluding carboxylic acids is 1. The molecular weight excluding hydrogens is 255 g/mol. The molecule has 20 heavy (non-hydrogen) atoms. The molecule has 0 aliphatic heterocycles. The number of halogens is 1. The maximum Gasteiger partial charge on any atom is 0.253 e. The van der Waals surface area contributed by atoms with Gasteiger partial charge in [0.1, 0.15) is 0 Å². The topological polar surface area (TPSA) is 42.0 Å². The third kappa shape index (κ3) is 1.93. The highest BCUT2D eigenvalue weighted by Crippen LogP contribution is 2.62. The van der Waals surface area contributed by atoms with Crippen LogP contribution in [0, 0.1) is 22.7 Å². The van der Waals surface area contributed by atoms with Crippen LogP contribution in [-0.4, -0.2) is 16.9 Å². The van der Waals surface area contributed by atoms with E-state index in [0.29, 0.717) is 11.5 Å². The molecule has 2 saturated carbocycles. The second-order valence-electron chi connectivity index (χ2n) is 7.19. The molecule has 2 bridgehead atoms. The van der Waals surface area contributed by atoms with Crippen molar-refractivity contribution in [2.24, 2.45) is 16.7 Å². The van der Waals surface area contributed by atoms with Crippen LogP contribution in [0.5, 0.6) is 0 Å². The van der Waals surface area contributed by atoms with Crippen molar-refractivity contribution in [3.05, 3.63) is 29.8 Å². The molecule has 0 aromatic carbocycles. The molecule has 0 spiro atoms. The lowest BCUT2D eigenvalue weighted by Crippen LogP contribution is -2.52. The molecule has 4 heteroatoms. The van der Waals surface area contributed by atoms with Gasteiger partial charge in [-0.25, -0.2) is 4.98 Å². The Bertz CT molecular complexity index is 535. The lowest BCUT2D eigenvalue weighted by molar-refractivity contribution is 0.0737. The Balaban J connectivity index is 1.80. The molecule has 2 fully saturated rings. The Morgan fingerprint density at radius 2 is 2.15 bits per heavy atom. The smallest absolute Gasteiger partial charge is 0.253 e. The number of nitrogens with zero attached hydrogens (tertiary/aromatic N) is 1. The first kappa shape index (κ1) is 13.5. The van der Waals surface area contributed by atoms with Gasteiger partial charge in [-0.1, -0.05) is 20.8 Å². The third-order valence-corrected chi connectivity index (χ3v) is 5.53. The summed E-state index contributed by atoms with van der Waals surface area (Å²) in [4.78, 5) is 15.9. The summed E-state index contributed by atoms with van der Waals surface area (Å²) in [5.41, 5.74) is 0.738. The second-order valence-corrected chi connectivity index (χ2v) is 7.19. The number of aromatic nitrogens is 1. The summed E-state index contributed by atoms with van der Waals surface area (Å²) in [7, 11) is 0. The molecule has 1 heterocycles. The van der Waals surface area contributed by atoms with E-state index in [1.54, 1.807) is 0 Å². The minimum Gasteiger partial charge on any atom is -0.348 e. The summed E-state index contributed by atoms with van der Waals surface area (Å²) in [6.07, 6.45) is 4.92. The summed E-state index contributed by atoms with van der Waals surface area (Å²) in [6, 6.07) is 2.88. The number of amides is 1. The number of hydrogen-bond acceptors (Lipinski definition) is 2. The number of nitrogens with one attached hydrogen (secondary N) is 1. The molecule has 1 N–H and O–H groups in total. The molecule has 3 nitrogen and oxygen atoms in total. The van der Waals surface area contributed by atoms with Crippen molar-refractivity contribution in [3.8, 4) is 0 Å². The quantitative estimate of drug-likeness (QED) is 0.843. The van der Waals surface area contributed by atoms with E-state index in [0.717, 1.165) is 0 Å². The predicted octanol–water partition coefficient (Wildman–Crippen LogP) is 3.17. The van der Waals surface area contributed by atoms with Crippen molar-refractivity contribution >= 4 is 5.91 Å². The average Bonchev–Trinajstić information content (AvgIpc) is 2.86. The zero-order chi connectivity index (χ0) is 14.5. The van der Waals surface area contributed by atoms with Crippen LogP contribution in [-0.2, 0) is 0 Å². The van der Waals surface area contributed by atoms with E-state index < -0.39 is 5.95 Å². The minimum atomic E-state index is -0.561. The number of fused-ring (bicyclic) bond motifs is 2. The van der Waals surface area contributed by atoms with Gasteiger partial charge < -0.3 is 5.32 Å². The van der Waals surface area contributed by atoms with Crippen molar-refractivity contribution in [2.45, 2.75) is 46.1 Å². The molecule has 2 aliphatic rings. The molecule has 1 amide bonds. The summed E-state index contributed by atoms with van der Waals surface area (Å²) >= 11 is 0. The maximum absolute atomic E-state index is 12.8. The van der Waals surface area contributed by atoms with Gasteiger partial charge in [0, 0.05) is 12.2 Å². The lowest BCUT2D eigenvalue weighted by Gasteiger charge is -2.43. The summed E-state index contributed by atoms with van der Waals surface area (Å²) in [5.74, 6) is -0.0257. The van der Waals surface area contributed by atoms with Crippen LogP contribution in [0.25, 0.3) is 0 Å². The lowest BCUT2D eigenvalue weighted by atomic mass is 9.68. The number of hydrogen-bond donors (Lipinski definition) is 1. The van der Waals surface area contributed by atoms with Crippen molar-refractivity contribution in [2.75, 3.05) is 0 Å². The minimum absolute atomic E-state index is 0.121. The van der Waals surface area contributed by atoms with E-state index in [9.17, 15) is 9.18 Å². The molecule has 3 unspecified atom stereocenters. The van der Waals surface area contributed by atoms with Crippen molar-refractivity contribution in [1.82, 2.24) is 10.3 Å². The van der Waals surface area contributed by atoms with E-state index in [2.05, 4.69) is 31.1 Å². The molecule has 1 aromatic heterocycles. The molecule has 0 radical (unpaired) electrons. The van der Waals surface area contributed by atoms with E-state index in [-0.39, 0.29) is 22.8 Å². The molecule has 3 atom stereocenters. The first-order valence-corrected chi connectivity index (χ1v) is 7.25. The van der Waals surface area contributed by atoms with E-state index in [4.69, 9.17) is 0 Å². The standard InChI is InChI=1S/C16H21FN2O/c1-15(2)11-6-7-16(3,8-11)14(15)19-13(20)10-4-5-12(17)18-9-10/h4-5,9,11,14H,6-8H2,1-3H3,(H,19,20). The van der Waals surface area contributed by atoms with Gasteiger partial charge in [-0.2, -0.15) is 4.39 Å². The fourth-order valence-corrected chi connectivity index (χ4v) is 4.39. The molecule has 2 aliphatic carbocycles. The van der Waals surface area contributed by atoms with Gasteiger partial charge in [0.2, 0.25) is 5.95 Å². The fourth-order valence-electron chi connectivity index (χ4n) is 4.39. The highest BCUT2D eigenvalue weighted by Gasteiger charge is 2.59. The molecule has 1 aromatic rings. The Morgan fingerprint density at radius 1 is 1.40 bits per heavy atom. The molecule has 3 rings (SSSR count). The van der Waals surface area contributed by atoms with Crippen LogP contribution in [0.2, 0.25) is 0 Å². The zero-order valence-corrected chi connectivity index (χ0v) is 12.2. The van der Waals surface area contributed by atoms with Crippen molar-refractivity contribution < 1.29 is 9.18 Å². The monoisotopic (exact) mass is 276 g/mol. The fraction of sp³-hybridized carbons (Fsp3) is 0.625. The number of pyridine rings is 1. The maximum atomic E-state index is 12.8. The Labute approximate surface area is 119 Å². The number of rotatable bonds is 2. The van der Waals surface area contributed by atoms with Crippen molar-refractivity contribution in [1.29, 1.82) is 0 Å². The second kappa shape index (κ2) is 4.27. The van der Waals surface area contributed by atoms with Crippen LogP contribution in [0.3, 0.4) is 0 Å². The van der Waals surface area contributed by atoms with Gasteiger partial charge >= 0.3 is 0 Å². The largest absolute Gasteiger partial charge is 0.348 e. The third-order valence-electron chi connectivity index (χ3n) is 5.53. The first-order valence-electron chi connectivity index (χ1n) is 7.25. The average molecular weight is 276 g/mol. The normalized spacial score (nSPS) is 34.2. The van der Waals surface area contributed by atoms with Crippen LogP contribution < -0.4 is 5.32 Å². The molecule has 0 saturated heterocycles. The molecule has 108 valence electrons. The van der Waals surface area contributed by atoms with Crippen LogP contribution in [0.1, 0.15) is 50.4 Å². The summed E-state index contributed by atoms with van der Waals surface area (Å²) in [6.45, 7) is 6.77. The van der Waals surface area contributed by atoms with Crippen LogP contribution in [0.4, 0.5) is 4.39 Å². The van der Waals surface area contributed by atoms with Gasteiger partial charge in [0.15, 0.2) is 0 Å². The summed E-state index contributed by atoms with van der Waals surface area (Å²) < 4.78 is 12.8. The van der Waals surface area contributed by atoms with Crippen molar-refractivity contribution in [3.63, 3.8) is 0 Å². The Hall–Kier alpha value is -1.45. The molecular formula is C16H21FN2O. The highest BCUT2D eigenvalue weighted by molar-refractivity contribution is 5.94. The first-order chi connectivity index (χ1) is 9.33. The SMILES string of the molecule is CC12CCC(C1)C(C)(C)C2NC(=O)c1ccc(F)nc1. The van der Waals surface area contributed by atoms with E-state index in [1.807, 2.05) is 0 Å². The Morgan fingerprint density at radius 3 is 2.70 bits per heavy atom. The zero-order valence-electron chi connectivity index (χ0n) is 12.2. The Kier molecular flexibility index (Phi) is 2.89.